The van der Waals surface area contributed by atoms with Crippen LogP contribution in [0.25, 0.3) is 0 Å². The van der Waals surface area contributed by atoms with Crippen molar-refractivity contribution in [2.24, 2.45) is 5.73 Å². The molecule has 1 aromatic rings. The number of fused-ring (bicyclic) bond motifs is 1. The van der Waals surface area contributed by atoms with Gasteiger partial charge in [-0.15, -0.1) is 0 Å². The van der Waals surface area contributed by atoms with Gasteiger partial charge in [-0.2, -0.15) is 0 Å². The van der Waals surface area contributed by atoms with Gasteiger partial charge in [-0.1, -0.05) is 24.4 Å². The highest BCUT2D eigenvalue weighted by Crippen LogP contribution is 2.23. The minimum Gasteiger partial charge on any atom is -0.389 e. The van der Waals surface area contributed by atoms with E-state index in [2.05, 4.69) is 34.9 Å². The summed E-state index contributed by atoms with van der Waals surface area (Å²) in [4.78, 5) is 5.79. The molecule has 1 aromatic carbocycles. The predicted octanol–water partition coefficient (Wildman–Crippen LogP) is 2.30. The van der Waals surface area contributed by atoms with Gasteiger partial charge in [0, 0.05) is 24.7 Å². The van der Waals surface area contributed by atoms with Crippen molar-refractivity contribution in [3.63, 3.8) is 0 Å². The fourth-order valence-corrected chi connectivity index (χ4v) is 3.82. The van der Waals surface area contributed by atoms with Gasteiger partial charge < -0.3 is 5.73 Å². The Morgan fingerprint density at radius 1 is 1.29 bits per heavy atom. The number of rotatable bonds is 3. The lowest BCUT2D eigenvalue weighted by molar-refractivity contribution is 0.215. The van der Waals surface area contributed by atoms with E-state index in [9.17, 15) is 0 Å². The zero-order chi connectivity index (χ0) is 14.8. The van der Waals surface area contributed by atoms with E-state index < -0.39 is 0 Å². The van der Waals surface area contributed by atoms with Crippen molar-refractivity contribution in [2.45, 2.75) is 38.8 Å². The Morgan fingerprint density at radius 3 is 2.86 bits per heavy atom. The molecule has 2 saturated heterocycles. The van der Waals surface area contributed by atoms with E-state index in [0.29, 0.717) is 4.99 Å². The van der Waals surface area contributed by atoms with Crippen LogP contribution in [0.2, 0.25) is 0 Å². The first-order chi connectivity index (χ1) is 10.1. The highest BCUT2D eigenvalue weighted by molar-refractivity contribution is 7.80. The molecule has 0 aromatic heterocycles. The SMILES string of the molecule is Cc1cc(C(N)=S)ccc1CN1CCCN2CCCC2C1. The molecular weight excluding hydrogens is 278 g/mol. The number of nitrogens with two attached hydrogens (primary N) is 1. The molecule has 0 amide bonds. The smallest absolute Gasteiger partial charge is 0.103 e. The van der Waals surface area contributed by atoms with E-state index in [0.717, 1.165) is 18.2 Å². The third-order valence-corrected chi connectivity index (χ3v) is 5.14. The molecule has 3 rings (SSSR count). The van der Waals surface area contributed by atoms with Crippen molar-refractivity contribution < 1.29 is 0 Å². The third-order valence-electron chi connectivity index (χ3n) is 4.91. The Balaban J connectivity index is 1.69. The van der Waals surface area contributed by atoms with Crippen LogP contribution in [0.1, 0.15) is 36.0 Å². The third kappa shape index (κ3) is 3.44. The molecule has 1 atom stereocenters. The quantitative estimate of drug-likeness (QED) is 0.869. The molecule has 2 aliphatic heterocycles. The Bertz CT molecular complexity index is 529. The lowest BCUT2D eigenvalue weighted by atomic mass is 10.0. The average molecular weight is 303 g/mol. The van der Waals surface area contributed by atoms with Crippen molar-refractivity contribution in [3.8, 4) is 0 Å². The number of nitrogens with zero attached hydrogens (tertiary/aromatic N) is 2. The van der Waals surface area contributed by atoms with Crippen LogP contribution in [0.15, 0.2) is 18.2 Å². The molecule has 2 aliphatic rings. The summed E-state index contributed by atoms with van der Waals surface area (Å²) < 4.78 is 0. The molecule has 21 heavy (non-hydrogen) atoms. The van der Waals surface area contributed by atoms with Crippen LogP contribution in [0.4, 0.5) is 0 Å². The largest absolute Gasteiger partial charge is 0.389 e. The summed E-state index contributed by atoms with van der Waals surface area (Å²) in [6.45, 7) is 8.23. The fourth-order valence-electron chi connectivity index (χ4n) is 3.69. The predicted molar refractivity (Wildman–Crippen MR) is 91.6 cm³/mol. The van der Waals surface area contributed by atoms with E-state index in [4.69, 9.17) is 18.0 Å². The number of aryl methyl sites for hydroxylation is 1. The van der Waals surface area contributed by atoms with Crippen LogP contribution >= 0.6 is 12.2 Å². The summed E-state index contributed by atoms with van der Waals surface area (Å²) in [6, 6.07) is 7.16. The maximum atomic E-state index is 5.71. The number of hydrogen-bond donors (Lipinski definition) is 1. The van der Waals surface area contributed by atoms with Crippen LogP contribution in [0.5, 0.6) is 0 Å². The van der Waals surface area contributed by atoms with E-state index in [1.165, 1.54) is 56.6 Å². The molecule has 4 heteroatoms. The maximum absolute atomic E-state index is 5.71. The first-order valence-corrected chi connectivity index (χ1v) is 8.40. The van der Waals surface area contributed by atoms with Gasteiger partial charge in [-0.05, 0) is 63.0 Å². The minimum absolute atomic E-state index is 0.487. The van der Waals surface area contributed by atoms with Gasteiger partial charge in [0.25, 0.3) is 0 Å². The van der Waals surface area contributed by atoms with Gasteiger partial charge in [-0.3, -0.25) is 9.80 Å². The average Bonchev–Trinajstić information content (AvgIpc) is 2.79. The van der Waals surface area contributed by atoms with Crippen LogP contribution in [-0.2, 0) is 6.54 Å². The highest BCUT2D eigenvalue weighted by atomic mass is 32.1. The summed E-state index contributed by atoms with van der Waals surface area (Å²) in [7, 11) is 0. The summed E-state index contributed by atoms with van der Waals surface area (Å²) in [5.74, 6) is 0. The summed E-state index contributed by atoms with van der Waals surface area (Å²) >= 11 is 5.06. The molecule has 1 unspecified atom stereocenters. The van der Waals surface area contributed by atoms with Crippen molar-refractivity contribution in [1.82, 2.24) is 9.80 Å². The van der Waals surface area contributed by atoms with Crippen LogP contribution in [0, 0.1) is 6.92 Å². The molecule has 2 fully saturated rings. The number of hydrogen-bond acceptors (Lipinski definition) is 3. The maximum Gasteiger partial charge on any atom is 0.103 e. The van der Waals surface area contributed by atoms with Gasteiger partial charge in [0.05, 0.1) is 0 Å². The number of benzene rings is 1. The van der Waals surface area contributed by atoms with E-state index in [1.807, 2.05) is 0 Å². The van der Waals surface area contributed by atoms with Gasteiger partial charge in [0.1, 0.15) is 4.99 Å². The summed E-state index contributed by atoms with van der Waals surface area (Å²) in [5.41, 5.74) is 9.39. The first kappa shape index (κ1) is 14.9. The Morgan fingerprint density at radius 2 is 2.10 bits per heavy atom. The standard InChI is InChI=1S/C17H25N3S/c1-13-10-14(17(18)21)5-6-15(13)11-19-7-3-9-20-8-2-4-16(20)12-19/h5-6,10,16H,2-4,7-9,11-12H2,1H3,(H2,18,21). The van der Waals surface area contributed by atoms with Crippen LogP contribution < -0.4 is 5.73 Å². The van der Waals surface area contributed by atoms with Crippen molar-refractivity contribution in [1.29, 1.82) is 0 Å². The van der Waals surface area contributed by atoms with Gasteiger partial charge in [0.15, 0.2) is 0 Å². The first-order valence-electron chi connectivity index (χ1n) is 7.99. The van der Waals surface area contributed by atoms with Crippen molar-refractivity contribution >= 4 is 17.2 Å². The second-order valence-electron chi connectivity index (χ2n) is 6.43. The Kier molecular flexibility index (Phi) is 4.57. The molecule has 0 aliphatic carbocycles. The molecule has 0 bridgehead atoms. The molecule has 114 valence electrons. The zero-order valence-electron chi connectivity index (χ0n) is 12.8. The van der Waals surface area contributed by atoms with E-state index in [1.54, 1.807) is 0 Å². The van der Waals surface area contributed by atoms with Crippen LogP contribution in [0.3, 0.4) is 0 Å². The lowest BCUT2D eigenvalue weighted by Gasteiger charge is -2.26. The second-order valence-corrected chi connectivity index (χ2v) is 6.87. The van der Waals surface area contributed by atoms with Crippen molar-refractivity contribution in [3.05, 3.63) is 34.9 Å². The molecular formula is C17H25N3S. The normalized spacial score (nSPS) is 23.8. The summed E-state index contributed by atoms with van der Waals surface area (Å²) in [5, 5.41) is 0. The highest BCUT2D eigenvalue weighted by Gasteiger charge is 2.28. The molecule has 2 N–H and O–H groups in total. The molecule has 0 saturated carbocycles. The topological polar surface area (TPSA) is 32.5 Å². The van der Waals surface area contributed by atoms with E-state index >= 15 is 0 Å². The second kappa shape index (κ2) is 6.42. The monoisotopic (exact) mass is 303 g/mol. The Labute approximate surface area is 133 Å². The summed E-state index contributed by atoms with van der Waals surface area (Å²) in [6.07, 6.45) is 4.04. The minimum atomic E-state index is 0.487. The molecule has 3 nitrogen and oxygen atoms in total. The molecule has 2 heterocycles. The zero-order valence-corrected chi connectivity index (χ0v) is 13.7. The lowest BCUT2D eigenvalue weighted by Crippen LogP contribution is -2.36. The van der Waals surface area contributed by atoms with Gasteiger partial charge in [0.2, 0.25) is 0 Å². The Hall–Kier alpha value is -0.970. The van der Waals surface area contributed by atoms with Gasteiger partial charge >= 0.3 is 0 Å². The van der Waals surface area contributed by atoms with E-state index in [-0.39, 0.29) is 0 Å². The van der Waals surface area contributed by atoms with Crippen LogP contribution in [-0.4, -0.2) is 47.0 Å². The fraction of sp³-hybridized carbons (Fsp3) is 0.588. The van der Waals surface area contributed by atoms with Gasteiger partial charge in [-0.25, -0.2) is 0 Å². The van der Waals surface area contributed by atoms with Crippen molar-refractivity contribution in [2.75, 3.05) is 26.2 Å². The molecule has 0 spiro atoms. The number of thiocarbonyl (C=S) groups is 1. The molecule has 0 radical (unpaired) electrons.